The second-order valence-corrected chi connectivity index (χ2v) is 9.52. The smallest absolute Gasteiger partial charge is 0.144 e. The molecule has 2 N–H and O–H groups in total. The predicted octanol–water partition coefficient (Wildman–Crippen LogP) is 3.18. The van der Waals surface area contributed by atoms with Crippen molar-refractivity contribution in [2.24, 2.45) is 40.4 Å². The van der Waals surface area contributed by atoms with Crippen molar-refractivity contribution in [1.82, 2.24) is 0 Å². The Morgan fingerprint density at radius 3 is 2.57 bits per heavy atom. The molecule has 130 valence electrons. The summed E-state index contributed by atoms with van der Waals surface area (Å²) in [6, 6.07) is 0. The first-order valence-electron chi connectivity index (χ1n) is 9.73. The molecule has 3 nitrogen and oxygen atoms in total. The third-order valence-corrected chi connectivity index (χ3v) is 8.72. The van der Waals surface area contributed by atoms with Crippen LogP contribution in [0.4, 0.5) is 0 Å². The van der Waals surface area contributed by atoms with Gasteiger partial charge in [0.2, 0.25) is 0 Å². The van der Waals surface area contributed by atoms with Crippen molar-refractivity contribution in [1.29, 1.82) is 0 Å². The molecule has 0 bridgehead atoms. The Labute approximate surface area is 139 Å². The number of aliphatic hydroxyl groups excluding tert-OH is 2. The molecular weight excluding hydrogens is 288 g/mol. The zero-order valence-corrected chi connectivity index (χ0v) is 14.6. The van der Waals surface area contributed by atoms with Gasteiger partial charge in [-0.1, -0.05) is 13.8 Å². The zero-order chi connectivity index (χ0) is 16.4. The van der Waals surface area contributed by atoms with Gasteiger partial charge in [-0.25, -0.2) is 0 Å². The summed E-state index contributed by atoms with van der Waals surface area (Å²) in [5.74, 6) is 2.76. The number of Topliss-reactive ketones (excluding diaryl/α,β-unsaturated/α-hetero) is 1. The van der Waals surface area contributed by atoms with Gasteiger partial charge >= 0.3 is 0 Å². The Bertz CT molecular complexity index is 503. The van der Waals surface area contributed by atoms with Crippen LogP contribution in [0.5, 0.6) is 0 Å². The van der Waals surface area contributed by atoms with Crippen LogP contribution in [0.1, 0.15) is 65.2 Å². The van der Waals surface area contributed by atoms with Gasteiger partial charge < -0.3 is 10.2 Å². The number of fused-ring (bicyclic) bond motifs is 5. The normalized spacial score (nSPS) is 55.9. The lowest BCUT2D eigenvalue weighted by molar-refractivity contribution is -0.143. The topological polar surface area (TPSA) is 57.5 Å². The summed E-state index contributed by atoms with van der Waals surface area (Å²) in [4.78, 5) is 12.8. The van der Waals surface area contributed by atoms with E-state index in [9.17, 15) is 15.0 Å². The summed E-state index contributed by atoms with van der Waals surface area (Å²) >= 11 is 0. The van der Waals surface area contributed by atoms with Crippen LogP contribution >= 0.6 is 0 Å². The first kappa shape index (κ1) is 16.1. The minimum absolute atomic E-state index is 0.0361. The lowest BCUT2D eigenvalue weighted by Gasteiger charge is -2.60. The third kappa shape index (κ3) is 2.12. The van der Waals surface area contributed by atoms with Crippen LogP contribution in [0, 0.1) is 40.4 Å². The second-order valence-electron chi connectivity index (χ2n) is 9.52. The van der Waals surface area contributed by atoms with E-state index in [1.165, 1.54) is 19.3 Å². The van der Waals surface area contributed by atoms with E-state index in [2.05, 4.69) is 13.8 Å². The standard InChI is InChI=1S/C20H32O3/c1-19-7-5-14(22)10-13(19)3-4-15-16(19)6-8-20(2)17(15)9-12(11-21)18(20)23/h12-17,21-22H,3-11H2,1-2H3/t12-,13-,14+,15-,16+,17+,19+,20+/m1/s1. The van der Waals surface area contributed by atoms with E-state index in [1.54, 1.807) is 0 Å². The molecule has 0 aromatic carbocycles. The van der Waals surface area contributed by atoms with Gasteiger partial charge in [0.15, 0.2) is 0 Å². The Morgan fingerprint density at radius 1 is 1.04 bits per heavy atom. The number of ketones is 1. The molecule has 4 aliphatic rings. The van der Waals surface area contributed by atoms with Crippen LogP contribution in [0.3, 0.4) is 0 Å². The molecule has 0 amide bonds. The Hall–Kier alpha value is -0.410. The molecule has 0 spiro atoms. The lowest BCUT2D eigenvalue weighted by Crippen LogP contribution is -2.54. The Balaban J connectivity index is 1.63. The van der Waals surface area contributed by atoms with Gasteiger partial charge in [-0.3, -0.25) is 4.79 Å². The molecule has 4 rings (SSSR count). The number of carbonyl (C=O) groups excluding carboxylic acids is 1. The SMILES string of the molecule is C[C@]12CC[C@H](O)C[C@H]1CC[C@@H]1[C@@H]2CC[C@]2(C)C(=O)[C@@H](CO)C[C@@H]12. The number of aliphatic hydroxyl groups is 2. The first-order valence-corrected chi connectivity index (χ1v) is 9.73. The van der Waals surface area contributed by atoms with Gasteiger partial charge in [-0.15, -0.1) is 0 Å². The van der Waals surface area contributed by atoms with E-state index in [0.29, 0.717) is 29.0 Å². The molecule has 8 atom stereocenters. The monoisotopic (exact) mass is 320 g/mol. The van der Waals surface area contributed by atoms with E-state index in [1.807, 2.05) is 0 Å². The predicted molar refractivity (Wildman–Crippen MR) is 88.7 cm³/mol. The van der Waals surface area contributed by atoms with Gasteiger partial charge in [-0.2, -0.15) is 0 Å². The maximum atomic E-state index is 12.8. The van der Waals surface area contributed by atoms with Crippen molar-refractivity contribution in [2.45, 2.75) is 71.3 Å². The molecule has 4 saturated carbocycles. The molecular formula is C20H32O3. The van der Waals surface area contributed by atoms with E-state index < -0.39 is 0 Å². The highest BCUT2D eigenvalue weighted by atomic mass is 16.3. The van der Waals surface area contributed by atoms with Crippen LogP contribution in [0.15, 0.2) is 0 Å². The summed E-state index contributed by atoms with van der Waals surface area (Å²) in [7, 11) is 0. The lowest BCUT2D eigenvalue weighted by atomic mass is 9.45. The quantitative estimate of drug-likeness (QED) is 0.780. The van der Waals surface area contributed by atoms with E-state index in [-0.39, 0.29) is 24.0 Å². The zero-order valence-electron chi connectivity index (χ0n) is 14.6. The fourth-order valence-corrected chi connectivity index (χ4v) is 7.33. The van der Waals surface area contributed by atoms with Gasteiger partial charge in [-0.05, 0) is 80.5 Å². The molecule has 3 heteroatoms. The summed E-state index contributed by atoms with van der Waals surface area (Å²) in [5, 5.41) is 19.7. The molecule has 0 aromatic rings. The number of hydrogen-bond acceptors (Lipinski definition) is 3. The van der Waals surface area contributed by atoms with Crippen molar-refractivity contribution in [2.75, 3.05) is 6.61 Å². The molecule has 0 aromatic heterocycles. The number of rotatable bonds is 1. The minimum atomic E-state index is -0.175. The summed E-state index contributed by atoms with van der Waals surface area (Å²) < 4.78 is 0. The fourth-order valence-electron chi connectivity index (χ4n) is 7.33. The van der Waals surface area contributed by atoms with Crippen LogP contribution in [0.25, 0.3) is 0 Å². The molecule has 0 radical (unpaired) electrons. The highest BCUT2D eigenvalue weighted by Crippen LogP contribution is 2.66. The Morgan fingerprint density at radius 2 is 1.83 bits per heavy atom. The van der Waals surface area contributed by atoms with Crippen molar-refractivity contribution in [3.63, 3.8) is 0 Å². The maximum absolute atomic E-state index is 12.8. The highest BCUT2D eigenvalue weighted by Gasteiger charge is 2.62. The fraction of sp³-hybridized carbons (Fsp3) is 0.950. The Kier molecular flexibility index (Phi) is 3.70. The summed E-state index contributed by atoms with van der Waals surface area (Å²) in [6.45, 7) is 4.70. The van der Waals surface area contributed by atoms with Crippen molar-refractivity contribution in [3.8, 4) is 0 Å². The average molecular weight is 320 g/mol. The highest BCUT2D eigenvalue weighted by molar-refractivity contribution is 5.89. The van der Waals surface area contributed by atoms with Crippen molar-refractivity contribution >= 4 is 5.78 Å². The van der Waals surface area contributed by atoms with Gasteiger partial charge in [0, 0.05) is 11.3 Å². The largest absolute Gasteiger partial charge is 0.396 e. The number of hydrogen-bond donors (Lipinski definition) is 2. The molecule has 4 aliphatic carbocycles. The van der Waals surface area contributed by atoms with Gasteiger partial charge in [0.05, 0.1) is 12.7 Å². The first-order chi connectivity index (χ1) is 10.9. The van der Waals surface area contributed by atoms with Crippen molar-refractivity contribution in [3.05, 3.63) is 0 Å². The van der Waals surface area contributed by atoms with E-state index in [0.717, 1.165) is 38.0 Å². The molecule has 0 heterocycles. The molecule has 23 heavy (non-hydrogen) atoms. The minimum Gasteiger partial charge on any atom is -0.396 e. The second kappa shape index (κ2) is 5.29. The van der Waals surface area contributed by atoms with Crippen LogP contribution in [0.2, 0.25) is 0 Å². The van der Waals surface area contributed by atoms with E-state index in [4.69, 9.17) is 0 Å². The van der Waals surface area contributed by atoms with Crippen LogP contribution in [-0.4, -0.2) is 28.7 Å². The van der Waals surface area contributed by atoms with Crippen LogP contribution in [-0.2, 0) is 4.79 Å². The van der Waals surface area contributed by atoms with Gasteiger partial charge in [0.1, 0.15) is 5.78 Å². The van der Waals surface area contributed by atoms with Crippen LogP contribution < -0.4 is 0 Å². The number of carbonyl (C=O) groups is 1. The molecule has 4 fully saturated rings. The summed E-state index contributed by atoms with van der Waals surface area (Å²) in [5.41, 5.74) is 0.190. The van der Waals surface area contributed by atoms with E-state index >= 15 is 0 Å². The molecule has 0 saturated heterocycles. The molecule has 0 unspecified atom stereocenters. The van der Waals surface area contributed by atoms with Crippen molar-refractivity contribution < 1.29 is 15.0 Å². The average Bonchev–Trinajstić information content (AvgIpc) is 2.79. The summed E-state index contributed by atoms with van der Waals surface area (Å²) in [6.07, 6.45) is 8.55. The maximum Gasteiger partial charge on any atom is 0.144 e. The van der Waals surface area contributed by atoms with Gasteiger partial charge in [0.25, 0.3) is 0 Å². The third-order valence-electron chi connectivity index (χ3n) is 8.72. The molecule has 0 aliphatic heterocycles.